The van der Waals surface area contributed by atoms with E-state index in [0.717, 1.165) is 23.3 Å². The van der Waals surface area contributed by atoms with E-state index in [9.17, 15) is 8.42 Å². The second kappa shape index (κ2) is 7.96. The van der Waals surface area contributed by atoms with E-state index < -0.39 is 10.0 Å². The Morgan fingerprint density at radius 2 is 1.87 bits per heavy atom. The van der Waals surface area contributed by atoms with Gasteiger partial charge >= 0.3 is 0 Å². The molecule has 0 fully saturated rings. The normalized spacial score (nSPS) is 13.4. The Labute approximate surface area is 151 Å². The van der Waals surface area contributed by atoms with Crippen molar-refractivity contribution in [2.75, 3.05) is 20.6 Å². The Kier molecular flexibility index (Phi) is 6.48. The second-order valence-corrected chi connectivity index (χ2v) is 9.37. The van der Waals surface area contributed by atoms with Gasteiger partial charge in [0, 0.05) is 12.6 Å². The zero-order valence-corrected chi connectivity index (χ0v) is 15.9. The van der Waals surface area contributed by atoms with Gasteiger partial charge in [-0.2, -0.15) is 0 Å². The molecule has 126 valence electrons. The first-order valence-corrected chi connectivity index (χ1v) is 10.00. The molecule has 1 N–H and O–H groups in total. The maximum atomic E-state index is 12.4. The summed E-state index contributed by atoms with van der Waals surface area (Å²) < 4.78 is 27.9. The third-order valence-corrected chi connectivity index (χ3v) is 6.64. The van der Waals surface area contributed by atoms with E-state index in [1.54, 1.807) is 0 Å². The van der Waals surface area contributed by atoms with E-state index in [1.807, 2.05) is 49.3 Å². The third-order valence-electron chi connectivity index (χ3n) is 3.47. The highest BCUT2D eigenvalue weighted by Gasteiger charge is 2.23. The molecule has 0 saturated carbocycles. The Hall–Kier alpha value is -0.630. The smallest absolute Gasteiger partial charge is 0.243 e. The fourth-order valence-electron chi connectivity index (χ4n) is 2.12. The van der Waals surface area contributed by atoms with Gasteiger partial charge in [-0.15, -0.1) is 11.3 Å². The maximum Gasteiger partial charge on any atom is 0.243 e. The van der Waals surface area contributed by atoms with E-state index in [0.29, 0.717) is 4.34 Å². The molecular formula is C15H18Cl2N2O2S2. The summed E-state index contributed by atoms with van der Waals surface area (Å²) in [5.74, 6) is 0. The first-order chi connectivity index (χ1) is 10.8. The van der Waals surface area contributed by atoms with Crippen LogP contribution in [0.1, 0.15) is 5.56 Å². The van der Waals surface area contributed by atoms with Gasteiger partial charge in [-0.3, -0.25) is 0 Å². The predicted octanol–water partition coefficient (Wildman–Crippen LogP) is 3.51. The number of hydrogen-bond donors (Lipinski definition) is 1. The minimum Gasteiger partial charge on any atom is -0.305 e. The molecule has 0 aliphatic rings. The molecule has 1 aromatic carbocycles. The van der Waals surface area contributed by atoms with Crippen molar-refractivity contribution in [3.8, 4) is 0 Å². The van der Waals surface area contributed by atoms with E-state index in [-0.39, 0.29) is 21.8 Å². The summed E-state index contributed by atoms with van der Waals surface area (Å²) >= 11 is 12.8. The van der Waals surface area contributed by atoms with E-state index in [1.165, 1.54) is 6.07 Å². The fraction of sp³-hybridized carbons (Fsp3) is 0.333. The quantitative estimate of drug-likeness (QED) is 0.783. The molecule has 0 spiro atoms. The number of thiophene rings is 1. The number of hydrogen-bond acceptors (Lipinski definition) is 4. The molecule has 0 bridgehead atoms. The molecule has 1 unspecified atom stereocenters. The summed E-state index contributed by atoms with van der Waals surface area (Å²) in [4.78, 5) is 2.03. The fourth-order valence-corrected chi connectivity index (χ4v) is 5.34. The van der Waals surface area contributed by atoms with E-state index >= 15 is 0 Å². The molecule has 0 aliphatic heterocycles. The Bertz CT molecular complexity index is 746. The summed E-state index contributed by atoms with van der Waals surface area (Å²) in [5, 5.41) is 0. The van der Waals surface area contributed by atoms with E-state index in [4.69, 9.17) is 23.2 Å². The summed E-state index contributed by atoms with van der Waals surface area (Å²) in [7, 11) is 0.180. The Balaban J connectivity index is 2.08. The summed E-state index contributed by atoms with van der Waals surface area (Å²) in [5.41, 5.74) is 1.15. The topological polar surface area (TPSA) is 49.4 Å². The standard InChI is InChI=1S/C15H18Cl2N2O2S2/c1-19(2)12(8-11-6-4-3-5-7-11)10-18-23(20,21)13-9-14(16)22-15(13)17/h3-7,9,12,18H,8,10H2,1-2H3. The molecule has 0 radical (unpaired) electrons. The number of nitrogens with one attached hydrogen (secondary N) is 1. The lowest BCUT2D eigenvalue weighted by molar-refractivity contribution is 0.291. The highest BCUT2D eigenvalue weighted by atomic mass is 35.5. The number of likely N-dealkylation sites (N-methyl/N-ethyl adjacent to an activating group) is 1. The molecule has 2 rings (SSSR count). The predicted molar refractivity (Wildman–Crippen MR) is 97.1 cm³/mol. The van der Waals surface area contributed by atoms with Gasteiger partial charge in [-0.25, -0.2) is 13.1 Å². The molecule has 4 nitrogen and oxygen atoms in total. The highest BCUT2D eigenvalue weighted by molar-refractivity contribution is 7.89. The van der Waals surface area contributed by atoms with Gasteiger partial charge < -0.3 is 4.90 Å². The minimum atomic E-state index is -3.67. The van der Waals surface area contributed by atoms with Crippen LogP contribution >= 0.6 is 34.5 Å². The summed E-state index contributed by atoms with van der Waals surface area (Å²) in [6.45, 7) is 0.286. The summed E-state index contributed by atoms with van der Waals surface area (Å²) in [6.07, 6.45) is 0.745. The van der Waals surface area contributed by atoms with Crippen LogP contribution in [0.15, 0.2) is 41.3 Å². The van der Waals surface area contributed by atoms with Crippen LogP contribution in [0.3, 0.4) is 0 Å². The third kappa shape index (κ3) is 5.17. The van der Waals surface area contributed by atoms with Gasteiger partial charge in [-0.05, 0) is 32.1 Å². The first kappa shape index (κ1) is 18.7. The van der Waals surface area contributed by atoms with Crippen molar-refractivity contribution in [2.24, 2.45) is 0 Å². The molecule has 0 aliphatic carbocycles. The molecular weight excluding hydrogens is 375 g/mol. The Morgan fingerprint density at radius 1 is 1.22 bits per heavy atom. The lowest BCUT2D eigenvalue weighted by atomic mass is 10.1. The zero-order chi connectivity index (χ0) is 17.0. The lowest BCUT2D eigenvalue weighted by Gasteiger charge is -2.24. The molecule has 0 saturated heterocycles. The van der Waals surface area contributed by atoms with Crippen LogP contribution in [0.4, 0.5) is 0 Å². The van der Waals surface area contributed by atoms with Crippen LogP contribution in [0.5, 0.6) is 0 Å². The van der Waals surface area contributed by atoms with Gasteiger partial charge in [-0.1, -0.05) is 53.5 Å². The van der Waals surface area contributed by atoms with Crippen molar-refractivity contribution in [3.63, 3.8) is 0 Å². The van der Waals surface area contributed by atoms with Crippen molar-refractivity contribution < 1.29 is 8.42 Å². The number of halogens is 2. The van der Waals surface area contributed by atoms with Crippen LogP contribution < -0.4 is 4.72 Å². The maximum absolute atomic E-state index is 12.4. The van der Waals surface area contributed by atoms with Crippen molar-refractivity contribution in [1.82, 2.24) is 9.62 Å². The van der Waals surface area contributed by atoms with Gasteiger partial charge in [0.1, 0.15) is 9.23 Å². The largest absolute Gasteiger partial charge is 0.305 e. The van der Waals surface area contributed by atoms with Crippen LogP contribution in [0.25, 0.3) is 0 Å². The van der Waals surface area contributed by atoms with Crippen molar-refractivity contribution in [3.05, 3.63) is 50.6 Å². The van der Waals surface area contributed by atoms with Gasteiger partial charge in [0.15, 0.2) is 0 Å². The molecule has 1 atom stereocenters. The Morgan fingerprint density at radius 3 is 2.39 bits per heavy atom. The van der Waals surface area contributed by atoms with Crippen LogP contribution in [0, 0.1) is 0 Å². The van der Waals surface area contributed by atoms with Crippen molar-refractivity contribution in [2.45, 2.75) is 17.4 Å². The number of rotatable bonds is 7. The number of benzene rings is 1. The lowest BCUT2D eigenvalue weighted by Crippen LogP contribution is -2.41. The zero-order valence-electron chi connectivity index (χ0n) is 12.8. The highest BCUT2D eigenvalue weighted by Crippen LogP contribution is 2.34. The molecule has 1 aromatic heterocycles. The molecule has 0 amide bonds. The number of nitrogens with zero attached hydrogens (tertiary/aromatic N) is 1. The van der Waals surface area contributed by atoms with Gasteiger partial charge in [0.2, 0.25) is 10.0 Å². The molecule has 23 heavy (non-hydrogen) atoms. The minimum absolute atomic E-state index is 0.0278. The summed E-state index contributed by atoms with van der Waals surface area (Å²) in [6, 6.07) is 11.4. The monoisotopic (exact) mass is 392 g/mol. The SMILES string of the molecule is CN(C)C(CNS(=O)(=O)c1cc(Cl)sc1Cl)Cc1ccccc1. The van der Waals surface area contributed by atoms with E-state index in [2.05, 4.69) is 4.72 Å². The van der Waals surface area contributed by atoms with Gasteiger partial charge in [0.05, 0.1) is 4.34 Å². The van der Waals surface area contributed by atoms with Crippen LogP contribution in [0.2, 0.25) is 8.67 Å². The van der Waals surface area contributed by atoms with Gasteiger partial charge in [0.25, 0.3) is 0 Å². The average Bonchev–Trinajstić information content (AvgIpc) is 2.84. The number of sulfonamides is 1. The van der Waals surface area contributed by atoms with Crippen molar-refractivity contribution >= 4 is 44.6 Å². The first-order valence-electron chi connectivity index (χ1n) is 6.94. The average molecular weight is 393 g/mol. The second-order valence-electron chi connectivity index (χ2n) is 5.35. The van der Waals surface area contributed by atoms with Crippen molar-refractivity contribution in [1.29, 1.82) is 0 Å². The molecule has 1 heterocycles. The van der Waals surface area contributed by atoms with Crippen LogP contribution in [-0.2, 0) is 16.4 Å². The molecule has 2 aromatic rings. The molecule has 8 heteroatoms. The van der Waals surface area contributed by atoms with Crippen LogP contribution in [-0.4, -0.2) is 40.0 Å².